The number of aromatic nitrogens is 2. The van der Waals surface area contributed by atoms with Gasteiger partial charge in [-0.15, -0.1) is 0 Å². The Labute approximate surface area is 103 Å². The lowest BCUT2D eigenvalue weighted by molar-refractivity contribution is 0.102. The second-order valence-electron chi connectivity index (χ2n) is 3.28. The number of nitrogens with two attached hydrogens (primary N) is 1. The lowest BCUT2D eigenvalue weighted by atomic mass is 10.1. The highest BCUT2D eigenvalue weighted by Gasteiger charge is 2.11. The number of nitrogen functional groups attached to an aromatic ring is 1. The van der Waals surface area contributed by atoms with Crippen molar-refractivity contribution in [1.29, 1.82) is 0 Å². The number of para-hydroxylation sites is 1. The number of rotatable bonds is 2. The van der Waals surface area contributed by atoms with Crippen molar-refractivity contribution in [1.82, 2.24) is 9.97 Å². The molecule has 2 aromatic rings. The van der Waals surface area contributed by atoms with E-state index in [0.717, 1.165) is 0 Å². The van der Waals surface area contributed by atoms with E-state index in [-0.39, 0.29) is 11.6 Å². The van der Waals surface area contributed by atoms with Gasteiger partial charge in [0.15, 0.2) is 0 Å². The maximum atomic E-state index is 11.9. The molecule has 86 valence electrons. The van der Waals surface area contributed by atoms with Crippen molar-refractivity contribution < 1.29 is 4.79 Å². The van der Waals surface area contributed by atoms with Crippen molar-refractivity contribution in [3.05, 3.63) is 47.5 Å². The topological polar surface area (TPSA) is 80.9 Å². The number of hydrogen-bond donors (Lipinski definition) is 2. The van der Waals surface area contributed by atoms with Crippen molar-refractivity contribution in [2.45, 2.75) is 0 Å². The van der Waals surface area contributed by atoms with Gasteiger partial charge < -0.3 is 11.1 Å². The largest absolute Gasteiger partial charge is 0.397 e. The lowest BCUT2D eigenvalue weighted by Gasteiger charge is -2.07. The Kier molecular flexibility index (Phi) is 3.20. The number of hydrogen-bond acceptors (Lipinski definition) is 4. The molecule has 0 fully saturated rings. The van der Waals surface area contributed by atoms with Gasteiger partial charge in [-0.05, 0) is 12.1 Å². The Morgan fingerprint density at radius 3 is 2.71 bits per heavy atom. The molecule has 2 rings (SSSR count). The number of amides is 1. The van der Waals surface area contributed by atoms with Crippen LogP contribution in [0.3, 0.4) is 0 Å². The molecule has 0 aliphatic rings. The maximum absolute atomic E-state index is 11.9. The van der Waals surface area contributed by atoms with Crippen molar-refractivity contribution in [3.8, 4) is 0 Å². The summed E-state index contributed by atoms with van der Waals surface area (Å²) < 4.78 is 0. The van der Waals surface area contributed by atoms with Gasteiger partial charge in [-0.25, -0.2) is 9.97 Å². The first-order valence-electron chi connectivity index (χ1n) is 4.79. The van der Waals surface area contributed by atoms with Crippen LogP contribution in [0.2, 0.25) is 5.02 Å². The van der Waals surface area contributed by atoms with Gasteiger partial charge in [0.25, 0.3) is 5.91 Å². The van der Waals surface area contributed by atoms with E-state index in [4.69, 9.17) is 17.3 Å². The maximum Gasteiger partial charge on any atom is 0.257 e. The average Bonchev–Trinajstić information content (AvgIpc) is 2.34. The van der Waals surface area contributed by atoms with E-state index in [0.29, 0.717) is 16.3 Å². The summed E-state index contributed by atoms with van der Waals surface area (Å²) in [5.41, 5.74) is 6.78. The second-order valence-corrected chi connectivity index (χ2v) is 3.69. The van der Waals surface area contributed by atoms with Crippen molar-refractivity contribution in [2.24, 2.45) is 0 Å². The quantitative estimate of drug-likeness (QED) is 0.796. The number of carbonyl (C=O) groups is 1. The van der Waals surface area contributed by atoms with Crippen molar-refractivity contribution in [3.63, 3.8) is 0 Å². The number of benzene rings is 1. The summed E-state index contributed by atoms with van der Waals surface area (Å²) in [5, 5.41) is 2.97. The molecule has 0 bridgehead atoms. The van der Waals surface area contributed by atoms with Crippen LogP contribution in [-0.2, 0) is 0 Å². The molecule has 0 aliphatic carbocycles. The summed E-state index contributed by atoms with van der Waals surface area (Å²) in [5.74, 6) is -0.347. The first kappa shape index (κ1) is 11.3. The minimum atomic E-state index is -0.347. The van der Waals surface area contributed by atoms with Crippen molar-refractivity contribution >= 4 is 28.9 Å². The molecule has 0 unspecified atom stereocenters. The fourth-order valence-electron chi connectivity index (χ4n) is 1.30. The predicted molar refractivity (Wildman–Crippen MR) is 65.8 cm³/mol. The van der Waals surface area contributed by atoms with E-state index in [1.54, 1.807) is 18.2 Å². The van der Waals surface area contributed by atoms with Crippen LogP contribution < -0.4 is 11.1 Å². The molecule has 6 heteroatoms. The molecule has 3 N–H and O–H groups in total. The molecule has 0 saturated carbocycles. The van der Waals surface area contributed by atoms with Gasteiger partial charge in [-0.1, -0.05) is 17.7 Å². The molecule has 1 heterocycles. The number of halogens is 1. The first-order chi connectivity index (χ1) is 8.18. The minimum absolute atomic E-state index is 0.253. The Bertz CT molecular complexity index is 544. The van der Waals surface area contributed by atoms with Crippen LogP contribution >= 0.6 is 11.6 Å². The first-order valence-corrected chi connectivity index (χ1v) is 5.16. The second kappa shape index (κ2) is 4.80. The Morgan fingerprint density at radius 2 is 2.00 bits per heavy atom. The highest BCUT2D eigenvalue weighted by molar-refractivity contribution is 6.34. The number of anilines is 2. The summed E-state index contributed by atoms with van der Waals surface area (Å²) in [6.07, 6.45) is 4.36. The van der Waals surface area contributed by atoms with Crippen LogP contribution in [-0.4, -0.2) is 15.9 Å². The third-order valence-electron chi connectivity index (χ3n) is 2.12. The van der Waals surface area contributed by atoms with E-state index in [9.17, 15) is 4.79 Å². The highest BCUT2D eigenvalue weighted by atomic mass is 35.5. The van der Waals surface area contributed by atoms with E-state index in [1.807, 2.05) is 0 Å². The third-order valence-corrected chi connectivity index (χ3v) is 2.45. The Balaban J connectivity index is 2.24. The summed E-state index contributed by atoms with van der Waals surface area (Å²) in [6.45, 7) is 0. The molecular formula is C11H9ClN4O. The molecule has 1 aromatic carbocycles. The summed E-state index contributed by atoms with van der Waals surface area (Å²) in [4.78, 5) is 19.5. The van der Waals surface area contributed by atoms with E-state index in [1.165, 1.54) is 18.7 Å². The zero-order chi connectivity index (χ0) is 12.3. The molecule has 1 amide bonds. The normalized spacial score (nSPS) is 9.94. The van der Waals surface area contributed by atoms with Crippen LogP contribution in [0.5, 0.6) is 0 Å². The van der Waals surface area contributed by atoms with Gasteiger partial charge in [0.05, 0.1) is 34.4 Å². The molecule has 1 aromatic heterocycles. The molecule has 0 saturated heterocycles. The van der Waals surface area contributed by atoms with Gasteiger partial charge in [0.1, 0.15) is 6.33 Å². The SMILES string of the molecule is Nc1c(Cl)cccc1C(=O)Nc1cncnc1. The summed E-state index contributed by atoms with van der Waals surface area (Å²) in [7, 11) is 0. The van der Waals surface area contributed by atoms with E-state index >= 15 is 0 Å². The molecule has 0 radical (unpaired) electrons. The lowest BCUT2D eigenvalue weighted by Crippen LogP contribution is -2.14. The number of nitrogens with one attached hydrogen (secondary N) is 1. The van der Waals surface area contributed by atoms with Gasteiger partial charge in [-0.3, -0.25) is 4.79 Å². The number of nitrogens with zero attached hydrogens (tertiary/aromatic N) is 2. The fraction of sp³-hybridized carbons (Fsp3) is 0. The van der Waals surface area contributed by atoms with Gasteiger partial charge in [0, 0.05) is 0 Å². The zero-order valence-electron chi connectivity index (χ0n) is 8.72. The standard InChI is InChI=1S/C11H9ClN4O/c12-9-3-1-2-8(10(9)13)11(17)16-7-4-14-6-15-5-7/h1-6H,13H2,(H,16,17). The third kappa shape index (κ3) is 2.51. The monoisotopic (exact) mass is 248 g/mol. The van der Waals surface area contributed by atoms with Gasteiger partial charge in [0.2, 0.25) is 0 Å². The predicted octanol–water partition coefficient (Wildman–Crippen LogP) is 1.96. The van der Waals surface area contributed by atoms with Crippen LogP contribution in [0.15, 0.2) is 36.9 Å². The average molecular weight is 249 g/mol. The fourth-order valence-corrected chi connectivity index (χ4v) is 1.47. The van der Waals surface area contributed by atoms with Gasteiger partial charge in [-0.2, -0.15) is 0 Å². The molecule has 5 nitrogen and oxygen atoms in total. The molecule has 0 atom stereocenters. The minimum Gasteiger partial charge on any atom is -0.397 e. The Morgan fingerprint density at radius 1 is 1.29 bits per heavy atom. The molecular weight excluding hydrogens is 240 g/mol. The molecule has 0 aliphatic heterocycles. The van der Waals surface area contributed by atoms with E-state index < -0.39 is 0 Å². The highest BCUT2D eigenvalue weighted by Crippen LogP contribution is 2.22. The summed E-state index contributed by atoms with van der Waals surface area (Å²) in [6, 6.07) is 4.88. The Hall–Kier alpha value is -2.14. The van der Waals surface area contributed by atoms with Crippen LogP contribution in [0.4, 0.5) is 11.4 Å². The number of carbonyl (C=O) groups excluding carboxylic acids is 1. The zero-order valence-corrected chi connectivity index (χ0v) is 9.48. The van der Waals surface area contributed by atoms with Crippen LogP contribution in [0, 0.1) is 0 Å². The van der Waals surface area contributed by atoms with Crippen LogP contribution in [0.1, 0.15) is 10.4 Å². The van der Waals surface area contributed by atoms with Crippen molar-refractivity contribution in [2.75, 3.05) is 11.1 Å². The molecule has 17 heavy (non-hydrogen) atoms. The van der Waals surface area contributed by atoms with Gasteiger partial charge >= 0.3 is 0 Å². The molecule has 0 spiro atoms. The van der Waals surface area contributed by atoms with Crippen LogP contribution in [0.25, 0.3) is 0 Å². The smallest absolute Gasteiger partial charge is 0.257 e. The summed E-state index contributed by atoms with van der Waals surface area (Å²) >= 11 is 5.83. The van der Waals surface area contributed by atoms with E-state index in [2.05, 4.69) is 15.3 Å².